The Balaban J connectivity index is 0.000000556. The lowest BCUT2D eigenvalue weighted by Gasteiger charge is -2.12. The van der Waals surface area contributed by atoms with Gasteiger partial charge in [0.15, 0.2) is 0 Å². The Bertz CT molecular complexity index is 2290. The second-order valence-electron chi connectivity index (χ2n) is 11.2. The summed E-state index contributed by atoms with van der Waals surface area (Å²) < 4.78 is 47.8. The van der Waals surface area contributed by atoms with Crippen molar-refractivity contribution in [2.24, 2.45) is 0 Å². The van der Waals surface area contributed by atoms with Gasteiger partial charge in [-0.3, -0.25) is 0 Å². The van der Waals surface area contributed by atoms with Crippen molar-refractivity contribution in [2.75, 3.05) is 23.9 Å². The van der Waals surface area contributed by atoms with Gasteiger partial charge in [-0.25, -0.2) is 42.0 Å². The van der Waals surface area contributed by atoms with E-state index in [2.05, 4.69) is 20.6 Å². The van der Waals surface area contributed by atoms with Crippen molar-refractivity contribution in [3.05, 3.63) is 126 Å². The summed E-state index contributed by atoms with van der Waals surface area (Å²) in [5, 5.41) is 38.8. The van der Waals surface area contributed by atoms with E-state index >= 15 is 0 Å². The Hall–Kier alpha value is -6.67. The minimum atomic E-state index is -3.02. The number of furan rings is 1. The average molecular weight is 831 g/mol. The number of anilines is 2. The molecule has 0 bridgehead atoms. The van der Waals surface area contributed by atoms with Gasteiger partial charge in [0.05, 0.1) is 22.8 Å². The van der Waals surface area contributed by atoms with Gasteiger partial charge in [-0.05, 0) is 66.2 Å². The van der Waals surface area contributed by atoms with Gasteiger partial charge in [0, 0.05) is 53.7 Å². The van der Waals surface area contributed by atoms with Gasteiger partial charge in [0.25, 0.3) is 0 Å². The predicted octanol–water partition coefficient (Wildman–Crippen LogP) is 4.74. The van der Waals surface area contributed by atoms with E-state index in [0.29, 0.717) is 76.8 Å². The van der Waals surface area contributed by atoms with Gasteiger partial charge in [-0.15, -0.1) is 0 Å². The van der Waals surface area contributed by atoms with Crippen LogP contribution in [0.4, 0.5) is 15.9 Å². The molecule has 8 N–H and O–H groups in total. The molecule has 0 aliphatic rings. The molecule has 0 aliphatic heterocycles. The van der Waals surface area contributed by atoms with Gasteiger partial charge in [-0.1, -0.05) is 23.7 Å². The normalized spacial score (nSPS) is 10.8. The fourth-order valence-electron chi connectivity index (χ4n) is 4.31. The van der Waals surface area contributed by atoms with Crippen LogP contribution in [0.3, 0.4) is 0 Å². The van der Waals surface area contributed by atoms with Crippen molar-refractivity contribution < 1.29 is 67.0 Å². The highest BCUT2D eigenvalue weighted by molar-refractivity contribution is 7.90. The van der Waals surface area contributed by atoms with Gasteiger partial charge in [0.2, 0.25) is 0 Å². The van der Waals surface area contributed by atoms with E-state index in [1.165, 1.54) is 24.7 Å². The van der Waals surface area contributed by atoms with Crippen LogP contribution in [0.5, 0.6) is 5.75 Å². The SMILES string of the molecule is CS(=O)(=O)CCNCc1ccc(-c2ccc3ncnc(Nc4ccc(OCc5cccc(F)c5)c(Cl)c4)c3c2)o1.O.O=C(O)/C=C\C(=O)O.O=C(O)/C=C\C(=O)O. The summed E-state index contributed by atoms with van der Waals surface area (Å²) in [4.78, 5) is 47.0. The minimum Gasteiger partial charge on any atom is -0.487 e. The molecular formula is C37H36ClFN4O13S. The molecule has 0 atom stereocenters. The van der Waals surface area contributed by atoms with E-state index in [-0.39, 0.29) is 23.7 Å². The third kappa shape index (κ3) is 17.6. The molecule has 2 aromatic heterocycles. The second-order valence-corrected chi connectivity index (χ2v) is 13.9. The Labute approximate surface area is 329 Å². The highest BCUT2D eigenvalue weighted by atomic mass is 35.5. The molecule has 0 saturated heterocycles. The van der Waals surface area contributed by atoms with Crippen LogP contribution < -0.4 is 15.4 Å². The first kappa shape index (κ1) is 46.5. The van der Waals surface area contributed by atoms with E-state index in [1.54, 1.807) is 24.3 Å². The summed E-state index contributed by atoms with van der Waals surface area (Å²) in [7, 11) is -3.02. The first-order chi connectivity index (χ1) is 26.5. The molecule has 5 aromatic rings. The van der Waals surface area contributed by atoms with Gasteiger partial charge in [-0.2, -0.15) is 0 Å². The lowest BCUT2D eigenvalue weighted by molar-refractivity contribution is -0.134. The number of carboxylic acid groups (broad SMARTS) is 4. The van der Waals surface area contributed by atoms with E-state index in [4.69, 9.17) is 41.2 Å². The number of rotatable bonds is 15. The largest absolute Gasteiger partial charge is 0.487 e. The highest BCUT2D eigenvalue weighted by Crippen LogP contribution is 2.33. The molecular weight excluding hydrogens is 795 g/mol. The lowest BCUT2D eigenvalue weighted by Crippen LogP contribution is -2.21. The maximum atomic E-state index is 13.4. The van der Waals surface area contributed by atoms with Crippen molar-refractivity contribution >= 4 is 67.7 Å². The molecule has 2 heterocycles. The summed E-state index contributed by atoms with van der Waals surface area (Å²) in [5.41, 5.74) is 2.99. The van der Waals surface area contributed by atoms with E-state index < -0.39 is 33.7 Å². The molecule has 20 heteroatoms. The monoisotopic (exact) mass is 830 g/mol. The van der Waals surface area contributed by atoms with Crippen LogP contribution >= 0.6 is 11.6 Å². The molecule has 5 rings (SSSR count). The van der Waals surface area contributed by atoms with Crippen LogP contribution in [0.15, 0.2) is 108 Å². The van der Waals surface area contributed by atoms with Crippen LogP contribution in [-0.2, 0) is 42.2 Å². The van der Waals surface area contributed by atoms with Crippen LogP contribution in [0.25, 0.3) is 22.2 Å². The van der Waals surface area contributed by atoms with Crippen molar-refractivity contribution in [1.29, 1.82) is 0 Å². The number of hydrogen-bond donors (Lipinski definition) is 6. The summed E-state index contributed by atoms with van der Waals surface area (Å²) in [6.07, 6.45) is 4.92. The third-order valence-electron chi connectivity index (χ3n) is 6.75. The maximum absolute atomic E-state index is 13.4. The Morgan fingerprint density at radius 2 is 1.51 bits per heavy atom. The van der Waals surface area contributed by atoms with Crippen LogP contribution in [0, 0.1) is 5.82 Å². The molecule has 0 radical (unpaired) electrons. The van der Waals surface area contributed by atoms with E-state index in [0.717, 1.165) is 16.5 Å². The summed E-state index contributed by atoms with van der Waals surface area (Å²) in [5.74, 6) is -2.86. The van der Waals surface area contributed by atoms with Crippen LogP contribution in [0.1, 0.15) is 11.3 Å². The Morgan fingerprint density at radius 3 is 2.09 bits per heavy atom. The molecule has 17 nitrogen and oxygen atoms in total. The number of sulfone groups is 1. The standard InChI is InChI=1S/C29H26ClFN4O4S.2C4H4O4.H2O/c1-40(36,37)12-11-32-16-23-7-10-27(39-23)20-5-8-26-24(14-20)29(34-18-33-26)35-22-6-9-28(25(30)15-22)38-17-19-3-2-4-21(31)13-19;2*5-3(6)1-2-4(7)8;/h2-10,13-15,18,32H,11-12,16-17H2,1H3,(H,33,34,35);2*1-2H,(H,5,6)(H,7,8);1H2/b;2*2-1-;. The summed E-state index contributed by atoms with van der Waals surface area (Å²) >= 11 is 6.47. The number of halogens is 2. The smallest absolute Gasteiger partial charge is 0.328 e. The Kier molecular flexibility index (Phi) is 18.5. The van der Waals surface area contributed by atoms with Crippen molar-refractivity contribution in [2.45, 2.75) is 13.2 Å². The number of hydrogen-bond acceptors (Lipinski definition) is 12. The molecule has 0 fully saturated rings. The number of ether oxygens (including phenoxy) is 1. The minimum absolute atomic E-state index is 0. The number of benzene rings is 3. The molecule has 0 spiro atoms. The van der Waals surface area contributed by atoms with E-state index in [9.17, 15) is 32.0 Å². The zero-order chi connectivity index (χ0) is 41.3. The second kappa shape index (κ2) is 22.6. The quantitative estimate of drug-likeness (QED) is 0.0614. The predicted molar refractivity (Wildman–Crippen MR) is 207 cm³/mol. The first-order valence-corrected chi connectivity index (χ1v) is 18.4. The molecule has 0 aliphatic carbocycles. The molecule has 3 aromatic carbocycles. The summed E-state index contributed by atoms with van der Waals surface area (Å²) in [6, 6.07) is 21.0. The Morgan fingerprint density at radius 1 is 0.860 bits per heavy atom. The fourth-order valence-corrected chi connectivity index (χ4v) is 5.06. The molecule has 0 amide bonds. The van der Waals surface area contributed by atoms with Crippen molar-refractivity contribution in [1.82, 2.24) is 15.3 Å². The molecule has 302 valence electrons. The number of fused-ring (bicyclic) bond motifs is 1. The number of carboxylic acids is 4. The number of nitrogens with one attached hydrogen (secondary N) is 2. The third-order valence-corrected chi connectivity index (χ3v) is 7.99. The molecule has 57 heavy (non-hydrogen) atoms. The fraction of sp³-hybridized carbons (Fsp3) is 0.135. The number of nitrogens with zero attached hydrogens (tertiary/aromatic N) is 2. The lowest BCUT2D eigenvalue weighted by atomic mass is 10.1. The van der Waals surface area contributed by atoms with Gasteiger partial charge < -0.3 is 45.7 Å². The molecule has 0 unspecified atom stereocenters. The van der Waals surface area contributed by atoms with E-state index in [1.807, 2.05) is 36.4 Å². The number of carbonyl (C=O) groups is 4. The van der Waals surface area contributed by atoms with Gasteiger partial charge >= 0.3 is 23.9 Å². The van der Waals surface area contributed by atoms with Crippen LogP contribution in [0.2, 0.25) is 5.02 Å². The van der Waals surface area contributed by atoms with Crippen LogP contribution in [-0.4, -0.2) is 86.7 Å². The molecule has 0 saturated carbocycles. The zero-order valence-electron chi connectivity index (χ0n) is 29.8. The topological polar surface area (TPSA) is 287 Å². The van der Waals surface area contributed by atoms with Crippen molar-refractivity contribution in [3.63, 3.8) is 0 Å². The maximum Gasteiger partial charge on any atom is 0.328 e. The first-order valence-electron chi connectivity index (χ1n) is 15.9. The van der Waals surface area contributed by atoms with Crippen molar-refractivity contribution in [3.8, 4) is 17.1 Å². The average Bonchev–Trinajstić information content (AvgIpc) is 3.61. The van der Waals surface area contributed by atoms with Gasteiger partial charge in [0.1, 0.15) is 51.7 Å². The zero-order valence-corrected chi connectivity index (χ0v) is 31.3. The highest BCUT2D eigenvalue weighted by Gasteiger charge is 2.12. The summed E-state index contributed by atoms with van der Waals surface area (Å²) in [6.45, 7) is 0.956. The number of aromatic nitrogens is 2. The number of aliphatic carboxylic acids is 4.